The van der Waals surface area contributed by atoms with Crippen LogP contribution in [0, 0.1) is 18.6 Å². The second kappa shape index (κ2) is 11.8. The summed E-state index contributed by atoms with van der Waals surface area (Å²) in [4.78, 5) is 29.0. The third kappa shape index (κ3) is 6.30. The second-order valence-corrected chi connectivity index (χ2v) is 10.6. The van der Waals surface area contributed by atoms with Crippen molar-refractivity contribution in [3.8, 4) is 5.82 Å². The number of aromatic nitrogens is 4. The highest BCUT2D eigenvalue weighted by Gasteiger charge is 2.38. The van der Waals surface area contributed by atoms with Gasteiger partial charge in [-0.3, -0.25) is 9.69 Å². The number of β-amino-alcohol motifs (C(OH)–C–C–N with tert-alkyl or cyclic N) is 1. The lowest BCUT2D eigenvalue weighted by Gasteiger charge is -2.35. The molecule has 2 fully saturated rings. The number of aliphatic hydroxyl groups excluding tert-OH is 1. The van der Waals surface area contributed by atoms with Gasteiger partial charge in [0.25, 0.3) is 0 Å². The number of piperazine rings is 1. The Bertz CT molecular complexity index is 1420. The number of likely N-dealkylation sites (N-methyl/N-ethyl adjacent to an activating group) is 1. The Hall–Kier alpha value is -4.10. The molecule has 11 nitrogen and oxygen atoms in total. The van der Waals surface area contributed by atoms with E-state index in [9.17, 15) is 18.7 Å². The summed E-state index contributed by atoms with van der Waals surface area (Å²) < 4.78 is 28.9. The molecule has 0 saturated carbocycles. The maximum Gasteiger partial charge on any atom is 0.244 e. The van der Waals surface area contributed by atoms with Gasteiger partial charge < -0.3 is 25.5 Å². The van der Waals surface area contributed by atoms with Gasteiger partial charge in [-0.05, 0) is 19.1 Å². The molecule has 0 aliphatic carbocycles. The predicted molar refractivity (Wildman–Crippen MR) is 153 cm³/mol. The lowest BCUT2D eigenvalue weighted by molar-refractivity contribution is -0.130. The van der Waals surface area contributed by atoms with Crippen LogP contribution in [0.2, 0.25) is 0 Å². The largest absolute Gasteiger partial charge is 0.391 e. The van der Waals surface area contributed by atoms with Crippen molar-refractivity contribution in [3.05, 3.63) is 59.4 Å². The number of hydrogen-bond acceptors (Lipinski definition) is 9. The number of nitrogens with two attached hydrogens (primary N) is 1. The molecule has 2 atom stereocenters. The van der Waals surface area contributed by atoms with Crippen LogP contribution < -0.4 is 15.5 Å². The molecule has 3 N–H and O–H groups in total. The molecule has 2 aliphatic rings. The smallest absolute Gasteiger partial charge is 0.244 e. The lowest BCUT2D eigenvalue weighted by Crippen LogP contribution is -2.46. The maximum atomic E-state index is 13.6. The van der Waals surface area contributed by atoms with E-state index in [0.29, 0.717) is 36.8 Å². The molecule has 0 spiro atoms. The Morgan fingerprint density at radius 2 is 1.78 bits per heavy atom. The average molecular weight is 568 g/mol. The van der Waals surface area contributed by atoms with Gasteiger partial charge in [-0.25, -0.2) is 13.5 Å². The fourth-order valence-electron chi connectivity index (χ4n) is 5.35. The third-order valence-corrected chi connectivity index (χ3v) is 7.53. The minimum absolute atomic E-state index is 0.0436. The van der Waals surface area contributed by atoms with Crippen LogP contribution in [0.4, 0.5) is 26.2 Å². The summed E-state index contributed by atoms with van der Waals surface area (Å²) in [5, 5.41) is 14.8. The normalized spacial score (nSPS) is 19.9. The van der Waals surface area contributed by atoms with Gasteiger partial charge in [0, 0.05) is 83.2 Å². The number of carbonyl (C=O) groups excluding carboxylic acids is 1. The van der Waals surface area contributed by atoms with Crippen LogP contribution in [0.1, 0.15) is 17.7 Å². The molecule has 5 rings (SSSR count). The van der Waals surface area contributed by atoms with Crippen LogP contribution in [-0.4, -0.2) is 106 Å². The van der Waals surface area contributed by atoms with Crippen LogP contribution in [-0.2, 0) is 4.79 Å². The van der Waals surface area contributed by atoms with E-state index < -0.39 is 23.8 Å². The molecule has 0 bridgehead atoms. The van der Waals surface area contributed by atoms with Crippen molar-refractivity contribution >= 4 is 29.4 Å². The van der Waals surface area contributed by atoms with Crippen molar-refractivity contribution < 1.29 is 18.7 Å². The number of hydrogen-bond donors (Lipinski definition) is 2. The van der Waals surface area contributed by atoms with Crippen molar-refractivity contribution in [1.29, 1.82) is 0 Å². The highest BCUT2D eigenvalue weighted by Crippen LogP contribution is 2.28. The number of nitrogens with zero attached hydrogens (tertiary/aromatic N) is 8. The molecule has 0 unspecified atom stereocenters. The SMILES string of the molecule is Cc1c(C=CCN2CCN(c3cc(F)cc(F)c3)CC2)cnn1-c1cc(N2C[C@@H](O)C[C@H]2C(=O)N(C)C)nc(N)n1. The minimum Gasteiger partial charge on any atom is -0.391 e. The fraction of sp³-hybridized carbons (Fsp3) is 0.429. The van der Waals surface area contributed by atoms with Gasteiger partial charge in [-0.2, -0.15) is 15.1 Å². The summed E-state index contributed by atoms with van der Waals surface area (Å²) in [6.07, 6.45) is 5.47. The molecule has 2 saturated heterocycles. The van der Waals surface area contributed by atoms with Gasteiger partial charge in [0.05, 0.1) is 18.0 Å². The molecule has 2 aliphatic heterocycles. The van der Waals surface area contributed by atoms with E-state index in [1.165, 1.54) is 17.0 Å². The number of aliphatic hydroxyl groups is 1. The van der Waals surface area contributed by atoms with E-state index in [-0.39, 0.29) is 18.4 Å². The molecular weight excluding hydrogens is 532 g/mol. The van der Waals surface area contributed by atoms with Gasteiger partial charge in [-0.15, -0.1) is 0 Å². The second-order valence-electron chi connectivity index (χ2n) is 10.6. The number of halogens is 2. The Balaban J connectivity index is 1.25. The zero-order valence-corrected chi connectivity index (χ0v) is 23.4. The lowest BCUT2D eigenvalue weighted by atomic mass is 10.2. The van der Waals surface area contributed by atoms with Crippen LogP contribution >= 0.6 is 0 Å². The summed E-state index contributed by atoms with van der Waals surface area (Å²) in [6, 6.07) is 4.79. The first-order chi connectivity index (χ1) is 19.6. The number of benzene rings is 1. The molecule has 3 aromatic rings. The highest BCUT2D eigenvalue weighted by molar-refractivity contribution is 5.85. The summed E-state index contributed by atoms with van der Waals surface area (Å²) in [7, 11) is 3.37. The van der Waals surface area contributed by atoms with Gasteiger partial charge >= 0.3 is 0 Å². The summed E-state index contributed by atoms with van der Waals surface area (Å²) in [6.45, 7) is 5.82. The van der Waals surface area contributed by atoms with Crippen molar-refractivity contribution in [2.45, 2.75) is 25.5 Å². The molecule has 4 heterocycles. The first-order valence-corrected chi connectivity index (χ1v) is 13.5. The molecule has 41 heavy (non-hydrogen) atoms. The number of rotatable bonds is 7. The van der Waals surface area contributed by atoms with Crippen LogP contribution in [0.15, 0.2) is 36.5 Å². The summed E-state index contributed by atoms with van der Waals surface area (Å²) in [5.74, 6) is -0.293. The minimum atomic E-state index is -0.654. The van der Waals surface area contributed by atoms with Crippen molar-refractivity contribution in [3.63, 3.8) is 0 Å². The quantitative estimate of drug-likeness (QED) is 0.440. The first kappa shape index (κ1) is 28.4. The van der Waals surface area contributed by atoms with Gasteiger partial charge in [0.15, 0.2) is 5.82 Å². The summed E-state index contributed by atoms with van der Waals surface area (Å²) in [5.41, 5.74) is 8.38. The molecule has 218 valence electrons. The first-order valence-electron chi connectivity index (χ1n) is 13.5. The van der Waals surface area contributed by atoms with Crippen LogP contribution in [0.5, 0.6) is 0 Å². The number of carbonyl (C=O) groups is 1. The zero-order chi connectivity index (χ0) is 29.3. The van der Waals surface area contributed by atoms with E-state index in [2.05, 4.69) is 26.0 Å². The molecule has 1 aromatic carbocycles. The maximum absolute atomic E-state index is 13.6. The molecule has 0 radical (unpaired) electrons. The van der Waals surface area contributed by atoms with Gasteiger partial charge in [0.1, 0.15) is 23.5 Å². The van der Waals surface area contributed by atoms with Crippen molar-refractivity contribution in [1.82, 2.24) is 29.5 Å². The van der Waals surface area contributed by atoms with E-state index in [1.54, 1.807) is 35.9 Å². The fourth-order valence-corrected chi connectivity index (χ4v) is 5.35. The van der Waals surface area contributed by atoms with Gasteiger partial charge in [0.2, 0.25) is 11.9 Å². The van der Waals surface area contributed by atoms with E-state index in [0.717, 1.165) is 37.0 Å². The third-order valence-electron chi connectivity index (χ3n) is 7.53. The predicted octanol–water partition coefficient (Wildman–Crippen LogP) is 1.69. The Morgan fingerprint density at radius 1 is 1.10 bits per heavy atom. The topological polar surface area (TPSA) is 120 Å². The van der Waals surface area contributed by atoms with Crippen molar-refractivity contribution in [2.75, 3.05) is 68.9 Å². The van der Waals surface area contributed by atoms with E-state index in [4.69, 9.17) is 5.73 Å². The molecule has 1 amide bonds. The average Bonchev–Trinajstić information content (AvgIpc) is 3.50. The molecular formula is C28H35F2N9O2. The Kier molecular flexibility index (Phi) is 8.18. The van der Waals surface area contributed by atoms with Crippen LogP contribution in [0.25, 0.3) is 11.9 Å². The Morgan fingerprint density at radius 3 is 2.46 bits per heavy atom. The summed E-state index contributed by atoms with van der Waals surface area (Å²) >= 11 is 0. The van der Waals surface area contributed by atoms with Crippen molar-refractivity contribution in [2.24, 2.45) is 0 Å². The van der Waals surface area contributed by atoms with Crippen LogP contribution in [0.3, 0.4) is 0 Å². The Labute approximate surface area is 237 Å². The molecule has 13 heteroatoms. The number of nitrogen functional groups attached to an aromatic ring is 1. The monoisotopic (exact) mass is 567 g/mol. The zero-order valence-electron chi connectivity index (χ0n) is 23.4. The van der Waals surface area contributed by atoms with E-state index in [1.807, 2.05) is 17.9 Å². The standard InChI is InChI=1S/C28H35F2N9O2/c1-18-19(5-4-6-36-7-9-37(10-8-36)22-12-20(29)11-21(30)13-22)16-32-39(18)26-15-25(33-28(31)34-26)38-17-23(40)14-24(38)27(41)35(2)3/h4-5,11-13,15-16,23-24,40H,6-10,14,17H2,1-3H3,(H2,31,33,34)/t23-,24-/m0/s1. The van der Waals surface area contributed by atoms with E-state index >= 15 is 0 Å². The van der Waals surface area contributed by atoms with Gasteiger partial charge in [-0.1, -0.05) is 12.2 Å². The number of amides is 1. The number of anilines is 3. The highest BCUT2D eigenvalue weighted by atomic mass is 19.1. The molecule has 2 aromatic heterocycles.